The van der Waals surface area contributed by atoms with E-state index in [9.17, 15) is 9.90 Å². The molecule has 1 aromatic rings. The second-order valence-corrected chi connectivity index (χ2v) is 9.37. The molecule has 0 aliphatic rings. The van der Waals surface area contributed by atoms with Gasteiger partial charge >= 0.3 is 5.97 Å². The molecular weight excluding hydrogens is 396 g/mol. The third-order valence-corrected chi connectivity index (χ3v) is 6.42. The number of aliphatic hydroxyl groups is 1. The first-order valence-corrected chi connectivity index (χ1v) is 12.7. The highest BCUT2D eigenvalue weighted by atomic mass is 32.2. The van der Waals surface area contributed by atoms with Gasteiger partial charge in [-0.3, -0.25) is 4.79 Å². The first-order valence-electron chi connectivity index (χ1n) is 11.8. The van der Waals surface area contributed by atoms with Crippen LogP contribution in [-0.2, 0) is 4.79 Å². The zero-order chi connectivity index (χ0) is 22.0. The van der Waals surface area contributed by atoms with Crippen molar-refractivity contribution in [2.75, 3.05) is 0 Å². The summed E-state index contributed by atoms with van der Waals surface area (Å²) < 4.78 is 0. The molecule has 0 aliphatic carbocycles. The van der Waals surface area contributed by atoms with Crippen LogP contribution in [0.25, 0.3) is 0 Å². The summed E-state index contributed by atoms with van der Waals surface area (Å²) in [7, 11) is 0. The Balaban J connectivity index is 2.28. The molecule has 2 unspecified atom stereocenters. The molecule has 0 saturated heterocycles. The van der Waals surface area contributed by atoms with Gasteiger partial charge < -0.3 is 15.2 Å². The van der Waals surface area contributed by atoms with Crippen LogP contribution in [-0.4, -0.2) is 37.5 Å². The molecule has 0 radical (unpaired) electrons. The van der Waals surface area contributed by atoms with Crippen molar-refractivity contribution < 1.29 is 15.0 Å². The maximum absolute atomic E-state index is 10.7. The number of allylic oxidation sites excluding steroid dienone is 1. The lowest BCUT2D eigenvalue weighted by atomic mass is 10.1. The van der Waals surface area contributed by atoms with Gasteiger partial charge in [-0.15, -0.1) is 0 Å². The van der Waals surface area contributed by atoms with E-state index in [1.165, 1.54) is 76.0 Å². The van der Waals surface area contributed by atoms with E-state index in [0.717, 1.165) is 17.3 Å². The van der Waals surface area contributed by atoms with Gasteiger partial charge in [-0.2, -0.15) is 0 Å². The smallest absolute Gasteiger partial charge is 0.303 e. The number of rotatable bonds is 19. The first kappa shape index (κ1) is 26.8. The van der Waals surface area contributed by atoms with E-state index in [2.05, 4.69) is 29.0 Å². The minimum absolute atomic E-state index is 0.0939. The van der Waals surface area contributed by atoms with Crippen LogP contribution >= 0.6 is 11.8 Å². The summed E-state index contributed by atoms with van der Waals surface area (Å²) in [5, 5.41) is 20.0. The minimum atomic E-state index is -0.815. The number of hydrogen-bond acceptors (Lipinski definition) is 4. The number of carboxylic acid groups (broad SMARTS) is 1. The van der Waals surface area contributed by atoms with Crippen molar-refractivity contribution in [3.8, 4) is 0 Å². The second kappa shape index (κ2) is 17.4. The van der Waals surface area contributed by atoms with Crippen molar-refractivity contribution in [1.82, 2.24) is 9.97 Å². The average molecular weight is 439 g/mol. The Morgan fingerprint density at radius 1 is 1.10 bits per heavy atom. The molecular formula is C24H42N2O3S. The number of aliphatic carboxylic acids is 1. The van der Waals surface area contributed by atoms with Gasteiger partial charge in [-0.25, -0.2) is 4.98 Å². The number of unbranched alkanes of at least 4 members (excludes halogenated alkanes) is 10. The van der Waals surface area contributed by atoms with Crippen molar-refractivity contribution in [1.29, 1.82) is 0 Å². The molecule has 5 nitrogen and oxygen atoms in total. The predicted molar refractivity (Wildman–Crippen MR) is 126 cm³/mol. The molecule has 3 N–H and O–H groups in total. The maximum Gasteiger partial charge on any atom is 0.303 e. The summed E-state index contributed by atoms with van der Waals surface area (Å²) >= 11 is 1.51. The number of hydrogen-bond donors (Lipinski definition) is 3. The number of imidazole rings is 1. The lowest BCUT2D eigenvalue weighted by Gasteiger charge is -2.18. The first-order chi connectivity index (χ1) is 14.5. The molecule has 0 amide bonds. The molecule has 1 heterocycles. The van der Waals surface area contributed by atoms with E-state index in [1.807, 2.05) is 6.92 Å². The summed E-state index contributed by atoms with van der Waals surface area (Å²) in [5.74, 6) is -0.815. The summed E-state index contributed by atoms with van der Waals surface area (Å²) in [6.07, 6.45) is 20.8. The normalized spacial score (nSPS) is 13.7. The molecule has 1 rings (SSSR count). The SMILES string of the molecule is CCCCCCCCCCCC/C=C\C(Sc1ncc(C)[nH]1)C(O)CCCC(=O)O. The number of nitrogens with zero attached hydrogens (tertiary/aromatic N) is 1. The highest BCUT2D eigenvalue weighted by molar-refractivity contribution is 8.00. The van der Waals surface area contributed by atoms with Gasteiger partial charge in [0.25, 0.3) is 0 Å². The van der Waals surface area contributed by atoms with E-state index >= 15 is 0 Å². The maximum atomic E-state index is 10.7. The van der Waals surface area contributed by atoms with Crippen LogP contribution in [0.15, 0.2) is 23.5 Å². The fourth-order valence-electron chi connectivity index (χ4n) is 3.43. The molecule has 0 fully saturated rings. The van der Waals surface area contributed by atoms with Crippen molar-refractivity contribution in [3.63, 3.8) is 0 Å². The van der Waals surface area contributed by atoms with Gasteiger partial charge in [0.05, 0.1) is 11.4 Å². The molecule has 172 valence electrons. The topological polar surface area (TPSA) is 86.2 Å². The number of thioether (sulfide) groups is 1. The zero-order valence-corrected chi connectivity index (χ0v) is 19.8. The van der Waals surface area contributed by atoms with E-state index in [1.54, 1.807) is 6.20 Å². The average Bonchev–Trinajstić information content (AvgIpc) is 3.12. The molecule has 0 spiro atoms. The van der Waals surface area contributed by atoms with Gasteiger partial charge in [0, 0.05) is 18.3 Å². The number of aryl methyl sites for hydroxylation is 1. The molecule has 2 atom stereocenters. The van der Waals surface area contributed by atoms with Crippen molar-refractivity contribution in [2.45, 2.75) is 120 Å². The highest BCUT2D eigenvalue weighted by Gasteiger charge is 2.19. The van der Waals surface area contributed by atoms with E-state index in [0.29, 0.717) is 12.8 Å². The molecule has 1 aromatic heterocycles. The Bertz CT molecular complexity index is 589. The number of aromatic amines is 1. The van der Waals surface area contributed by atoms with Gasteiger partial charge in [-0.1, -0.05) is 88.6 Å². The van der Waals surface area contributed by atoms with E-state index in [4.69, 9.17) is 5.11 Å². The van der Waals surface area contributed by atoms with Gasteiger partial charge in [0.2, 0.25) is 0 Å². The summed E-state index contributed by atoms with van der Waals surface area (Å²) in [6, 6.07) is 0. The van der Waals surface area contributed by atoms with Crippen LogP contribution in [0.2, 0.25) is 0 Å². The number of nitrogens with one attached hydrogen (secondary N) is 1. The van der Waals surface area contributed by atoms with Crippen LogP contribution < -0.4 is 0 Å². The van der Waals surface area contributed by atoms with Crippen molar-refractivity contribution in [3.05, 3.63) is 24.0 Å². The van der Waals surface area contributed by atoms with Crippen LogP contribution in [0.5, 0.6) is 0 Å². The number of aromatic nitrogens is 2. The number of carboxylic acids is 1. The Morgan fingerprint density at radius 2 is 1.73 bits per heavy atom. The highest BCUT2D eigenvalue weighted by Crippen LogP contribution is 2.26. The quantitative estimate of drug-likeness (QED) is 0.128. The van der Waals surface area contributed by atoms with Crippen LogP contribution in [0, 0.1) is 6.92 Å². The van der Waals surface area contributed by atoms with Gasteiger partial charge in [0.15, 0.2) is 5.16 Å². The van der Waals surface area contributed by atoms with Crippen LogP contribution in [0.3, 0.4) is 0 Å². The third kappa shape index (κ3) is 13.9. The minimum Gasteiger partial charge on any atom is -0.481 e. The van der Waals surface area contributed by atoms with Gasteiger partial charge in [-0.05, 0) is 32.6 Å². The van der Waals surface area contributed by atoms with E-state index in [-0.39, 0.29) is 11.7 Å². The standard InChI is InChI=1S/C24H42N2O3S/c1-3-4-5-6-7-8-9-10-11-12-13-14-17-22(21(27)16-15-18-23(28)29)30-24-25-19-20(2)26-24/h14,17,19,21-22,27H,3-13,15-16,18H2,1-2H3,(H,25,26)(H,28,29)/b17-14-. The Kier molecular flexibility index (Phi) is 15.5. The largest absolute Gasteiger partial charge is 0.481 e. The second-order valence-electron chi connectivity index (χ2n) is 8.21. The molecule has 0 bridgehead atoms. The summed E-state index contributed by atoms with van der Waals surface area (Å²) in [4.78, 5) is 18.2. The fourth-order valence-corrected chi connectivity index (χ4v) is 4.50. The Morgan fingerprint density at radius 3 is 2.30 bits per heavy atom. The third-order valence-electron chi connectivity index (χ3n) is 5.25. The lowest BCUT2D eigenvalue weighted by molar-refractivity contribution is -0.137. The number of H-pyrrole nitrogens is 1. The predicted octanol–water partition coefficient (Wildman–Crippen LogP) is 6.66. The lowest BCUT2D eigenvalue weighted by Crippen LogP contribution is -2.21. The zero-order valence-electron chi connectivity index (χ0n) is 18.9. The Hall–Kier alpha value is -1.27. The van der Waals surface area contributed by atoms with Crippen LogP contribution in [0.4, 0.5) is 0 Å². The molecule has 30 heavy (non-hydrogen) atoms. The van der Waals surface area contributed by atoms with Gasteiger partial charge in [0.1, 0.15) is 0 Å². The molecule has 0 aromatic carbocycles. The van der Waals surface area contributed by atoms with E-state index < -0.39 is 12.1 Å². The molecule has 6 heteroatoms. The summed E-state index contributed by atoms with van der Waals surface area (Å²) in [6.45, 7) is 4.21. The number of aliphatic hydroxyl groups excluding tert-OH is 1. The van der Waals surface area contributed by atoms with Crippen molar-refractivity contribution >= 4 is 17.7 Å². The number of carbonyl (C=O) groups is 1. The fraction of sp³-hybridized carbons (Fsp3) is 0.750. The summed E-state index contributed by atoms with van der Waals surface area (Å²) in [5.41, 5.74) is 0.992. The Labute approximate surface area is 187 Å². The molecule has 0 aliphatic heterocycles. The monoisotopic (exact) mass is 438 g/mol. The van der Waals surface area contributed by atoms with Crippen LogP contribution in [0.1, 0.15) is 103 Å². The molecule has 0 saturated carbocycles. The van der Waals surface area contributed by atoms with Crippen molar-refractivity contribution in [2.24, 2.45) is 0 Å².